The van der Waals surface area contributed by atoms with Gasteiger partial charge in [-0.15, -0.1) is 0 Å². The fraction of sp³-hybridized carbons (Fsp3) is 0.300. The van der Waals surface area contributed by atoms with Crippen molar-refractivity contribution in [3.63, 3.8) is 0 Å². The molecule has 0 aliphatic heterocycles. The van der Waals surface area contributed by atoms with E-state index < -0.39 is 147 Å². The lowest BCUT2D eigenvalue weighted by Crippen LogP contribution is -2.54. The lowest BCUT2D eigenvalue weighted by molar-refractivity contribution is -0.144. The Labute approximate surface area is 286 Å². The molecule has 0 unspecified atom stereocenters. The summed E-state index contributed by atoms with van der Waals surface area (Å²) in [4.78, 5) is 41.8. The number of benzene rings is 3. The number of aromatic nitrogens is 3. The first kappa shape index (κ1) is 41.6. The van der Waals surface area contributed by atoms with Crippen molar-refractivity contribution in [1.82, 2.24) is 13.7 Å². The van der Waals surface area contributed by atoms with Gasteiger partial charge in [0.1, 0.15) is 0 Å². The average Bonchev–Trinajstić information content (AvgIpc) is 2.95. The van der Waals surface area contributed by atoms with Gasteiger partial charge in [-0.05, 0) is 73.9 Å². The van der Waals surface area contributed by atoms with Crippen LogP contribution in [0.4, 0.5) is 79.0 Å². The van der Waals surface area contributed by atoms with E-state index in [0.717, 1.165) is 0 Å². The van der Waals surface area contributed by atoms with Crippen molar-refractivity contribution in [2.45, 2.75) is 57.8 Å². The van der Waals surface area contributed by atoms with Crippen LogP contribution in [0, 0.1) is 20.8 Å². The van der Waals surface area contributed by atoms with Gasteiger partial charge < -0.3 is 0 Å². The molecule has 0 spiro atoms. The summed E-state index contributed by atoms with van der Waals surface area (Å²) in [5.74, 6) is 0. The summed E-state index contributed by atoms with van der Waals surface area (Å²) in [6, 6.07) is -2.24. The Kier molecular flexibility index (Phi) is 9.78. The van der Waals surface area contributed by atoms with Crippen molar-refractivity contribution >= 4 is 0 Å². The molecule has 1 heterocycles. The maximum atomic E-state index is 14.4. The number of rotatable bonds is 3. The molecule has 0 radical (unpaired) electrons. The highest BCUT2D eigenvalue weighted by molar-refractivity contribution is 5.57. The first-order valence-corrected chi connectivity index (χ1v) is 14.0. The molecule has 0 fully saturated rings. The van der Waals surface area contributed by atoms with Gasteiger partial charge in [0.25, 0.3) is 0 Å². The normalized spacial score (nSPS) is 13.5. The second-order valence-electron chi connectivity index (χ2n) is 11.4. The van der Waals surface area contributed by atoms with Crippen molar-refractivity contribution in [3.05, 3.63) is 118 Å². The van der Waals surface area contributed by atoms with Gasteiger partial charge in [-0.1, -0.05) is 0 Å². The third-order valence-corrected chi connectivity index (χ3v) is 7.55. The number of nitrogens with zero attached hydrogens (tertiary/aromatic N) is 3. The van der Waals surface area contributed by atoms with Gasteiger partial charge >= 0.3 is 54.1 Å². The molecule has 1 aromatic heterocycles. The predicted octanol–water partition coefficient (Wildman–Crippen LogP) is 9.18. The Bertz CT molecular complexity index is 2190. The van der Waals surface area contributed by atoms with Crippen molar-refractivity contribution in [1.29, 1.82) is 0 Å². The second-order valence-corrected chi connectivity index (χ2v) is 11.4. The fourth-order valence-corrected chi connectivity index (χ4v) is 5.48. The number of aryl methyl sites for hydroxylation is 3. The summed E-state index contributed by atoms with van der Waals surface area (Å²) in [7, 11) is 0. The van der Waals surface area contributed by atoms with E-state index in [-0.39, 0.29) is 24.3 Å². The van der Waals surface area contributed by atoms with Crippen molar-refractivity contribution in [3.8, 4) is 17.1 Å². The SMILES string of the molecule is Cc1cc(C(F)(F)F)c(-n2c(=O)n(-c3c(C)cc(C(F)(F)F)cc3C(F)(F)F)c(=O)n(-c3c(C)cc(C(F)(F)F)cc3C(F)(F)F)c2=O)c(C(F)(F)F)c1. The summed E-state index contributed by atoms with van der Waals surface area (Å²) in [5.41, 5.74) is -34.1. The highest BCUT2D eigenvalue weighted by atomic mass is 19.4. The van der Waals surface area contributed by atoms with Gasteiger partial charge in [0.2, 0.25) is 0 Å². The van der Waals surface area contributed by atoms with Crippen LogP contribution in [-0.2, 0) is 37.1 Å². The number of hydrogen-bond donors (Lipinski definition) is 0. The summed E-state index contributed by atoms with van der Waals surface area (Å²) in [6.45, 7) is 1.24. The van der Waals surface area contributed by atoms with Crippen molar-refractivity contribution < 1.29 is 79.0 Å². The molecule has 294 valence electrons. The highest BCUT2D eigenvalue weighted by Gasteiger charge is 2.46. The number of hydrogen-bond acceptors (Lipinski definition) is 3. The summed E-state index contributed by atoms with van der Waals surface area (Å²) in [5, 5.41) is 0. The molecule has 0 bridgehead atoms. The van der Waals surface area contributed by atoms with Crippen molar-refractivity contribution in [2.75, 3.05) is 0 Å². The molecular weight excluding hydrogens is 792 g/mol. The van der Waals surface area contributed by atoms with Crippen LogP contribution in [0.2, 0.25) is 0 Å². The van der Waals surface area contributed by atoms with E-state index in [1.165, 1.54) is 0 Å². The van der Waals surface area contributed by atoms with E-state index in [9.17, 15) is 93.4 Å². The standard InChI is InChI=1S/C30H15F18N3O3/c1-10-4-15(27(37,38)39)21(16(5-10)28(40,41)42)51-23(53)49(19-11(2)6-13(25(31,32)33)8-17(19)29(43,44)45)22(52)50(24(51)54)20-12(3)7-14(26(34,35)36)9-18(20)30(46,47)48/h4-9H,1-3H3. The maximum absolute atomic E-state index is 14.4. The van der Waals surface area contributed by atoms with E-state index >= 15 is 0 Å². The smallest absolute Gasteiger partial charge is 0.246 e. The van der Waals surface area contributed by atoms with Gasteiger partial charge in [-0.25, -0.2) is 28.1 Å². The lowest BCUT2D eigenvalue weighted by atomic mass is 10.0. The Hall–Kier alpha value is -5.19. The minimum absolute atomic E-state index is 0.148. The molecule has 0 atom stereocenters. The quantitative estimate of drug-likeness (QED) is 0.194. The largest absolute Gasteiger partial charge is 0.418 e. The Morgan fingerprint density at radius 2 is 0.593 bits per heavy atom. The predicted molar refractivity (Wildman–Crippen MR) is 147 cm³/mol. The third kappa shape index (κ3) is 7.45. The fourth-order valence-electron chi connectivity index (χ4n) is 5.48. The van der Waals surface area contributed by atoms with E-state index in [2.05, 4.69) is 0 Å². The molecule has 54 heavy (non-hydrogen) atoms. The molecule has 6 nitrogen and oxygen atoms in total. The Balaban J connectivity index is 2.52. The molecular formula is C30H15F18N3O3. The van der Waals surface area contributed by atoms with E-state index in [1.54, 1.807) is 0 Å². The van der Waals surface area contributed by atoms with Crippen LogP contribution in [0.3, 0.4) is 0 Å². The molecule has 0 aliphatic carbocycles. The van der Waals surface area contributed by atoms with Gasteiger partial charge in [0.05, 0.1) is 50.4 Å². The highest BCUT2D eigenvalue weighted by Crippen LogP contribution is 2.44. The molecule has 0 aliphatic rings. The van der Waals surface area contributed by atoms with Crippen LogP contribution in [-0.4, -0.2) is 13.7 Å². The minimum Gasteiger partial charge on any atom is -0.246 e. The van der Waals surface area contributed by atoms with Crippen molar-refractivity contribution in [2.24, 2.45) is 0 Å². The van der Waals surface area contributed by atoms with Gasteiger partial charge in [-0.2, -0.15) is 79.0 Å². The van der Waals surface area contributed by atoms with Crippen LogP contribution in [0.15, 0.2) is 50.8 Å². The Morgan fingerprint density at radius 1 is 0.352 bits per heavy atom. The molecule has 3 aromatic carbocycles. The summed E-state index contributed by atoms with van der Waals surface area (Å²) < 4.78 is 250. The zero-order valence-corrected chi connectivity index (χ0v) is 26.3. The van der Waals surface area contributed by atoms with Crippen LogP contribution >= 0.6 is 0 Å². The van der Waals surface area contributed by atoms with Gasteiger partial charge in [-0.3, -0.25) is 0 Å². The van der Waals surface area contributed by atoms with Crippen LogP contribution in [0.25, 0.3) is 17.1 Å². The maximum Gasteiger partial charge on any atom is 0.418 e. The zero-order chi connectivity index (χ0) is 41.6. The zero-order valence-electron chi connectivity index (χ0n) is 26.3. The number of halogens is 18. The van der Waals surface area contributed by atoms with Gasteiger partial charge in [0.15, 0.2) is 0 Å². The van der Waals surface area contributed by atoms with E-state index in [0.29, 0.717) is 20.8 Å². The van der Waals surface area contributed by atoms with Gasteiger partial charge in [0, 0.05) is 0 Å². The van der Waals surface area contributed by atoms with Crippen LogP contribution < -0.4 is 17.1 Å². The Morgan fingerprint density at radius 3 is 0.833 bits per heavy atom. The van der Waals surface area contributed by atoms with E-state index in [4.69, 9.17) is 0 Å². The minimum atomic E-state index is -6.11. The average molecular weight is 807 g/mol. The summed E-state index contributed by atoms with van der Waals surface area (Å²) >= 11 is 0. The first-order chi connectivity index (χ1) is 24.1. The second kappa shape index (κ2) is 12.7. The molecule has 0 N–H and O–H groups in total. The molecule has 4 rings (SSSR count). The molecule has 24 heteroatoms. The summed E-state index contributed by atoms with van der Waals surface area (Å²) in [6.07, 6.45) is -35.6. The molecule has 0 saturated heterocycles. The topological polar surface area (TPSA) is 66.0 Å². The monoisotopic (exact) mass is 807 g/mol. The molecule has 0 amide bonds. The van der Waals surface area contributed by atoms with Crippen LogP contribution in [0.1, 0.15) is 50.1 Å². The number of alkyl halides is 18. The molecule has 4 aromatic rings. The third-order valence-electron chi connectivity index (χ3n) is 7.55. The first-order valence-electron chi connectivity index (χ1n) is 14.0. The molecule has 0 saturated carbocycles. The lowest BCUT2D eigenvalue weighted by Gasteiger charge is -2.25. The van der Waals surface area contributed by atoms with E-state index in [1.807, 2.05) is 0 Å². The van der Waals surface area contributed by atoms with Crippen LogP contribution in [0.5, 0.6) is 0 Å².